The summed E-state index contributed by atoms with van der Waals surface area (Å²) in [6.45, 7) is 2.16. The zero-order valence-electron chi connectivity index (χ0n) is 16.3. The first-order valence-corrected chi connectivity index (χ1v) is 11.0. The molecule has 1 saturated heterocycles. The summed E-state index contributed by atoms with van der Waals surface area (Å²) in [5, 5.41) is 4.77. The van der Waals surface area contributed by atoms with Crippen molar-refractivity contribution in [2.45, 2.75) is 25.3 Å². The largest absolute Gasteiger partial charge is 0.339 e. The lowest BCUT2D eigenvalue weighted by atomic mass is 10.0. The Hall–Kier alpha value is -2.67. The van der Waals surface area contributed by atoms with Crippen LogP contribution >= 0.6 is 11.3 Å². The third-order valence-electron chi connectivity index (χ3n) is 5.46. The molecule has 4 rings (SSSR count). The monoisotopic (exact) mass is 411 g/mol. The average molecular weight is 412 g/mol. The number of amides is 3. The van der Waals surface area contributed by atoms with Gasteiger partial charge in [-0.25, -0.2) is 0 Å². The Morgan fingerprint density at radius 2 is 1.66 bits per heavy atom. The van der Waals surface area contributed by atoms with Crippen molar-refractivity contribution in [2.24, 2.45) is 5.92 Å². The minimum absolute atomic E-state index is 0.0859. The van der Waals surface area contributed by atoms with E-state index < -0.39 is 6.04 Å². The van der Waals surface area contributed by atoms with Crippen molar-refractivity contribution in [3.8, 4) is 0 Å². The molecule has 1 aromatic heterocycles. The fourth-order valence-corrected chi connectivity index (χ4v) is 4.27. The number of piperazine rings is 1. The number of nitrogens with zero attached hydrogens (tertiary/aromatic N) is 2. The molecule has 2 aromatic rings. The molecule has 1 N–H and O–H groups in total. The van der Waals surface area contributed by atoms with Crippen LogP contribution in [-0.2, 0) is 16.0 Å². The number of rotatable bonds is 6. The molecule has 1 aliphatic carbocycles. The molecule has 1 saturated carbocycles. The van der Waals surface area contributed by atoms with Gasteiger partial charge >= 0.3 is 0 Å². The van der Waals surface area contributed by atoms with E-state index in [1.165, 1.54) is 11.3 Å². The van der Waals surface area contributed by atoms with Crippen LogP contribution in [0, 0.1) is 5.92 Å². The van der Waals surface area contributed by atoms with Crippen molar-refractivity contribution < 1.29 is 14.4 Å². The topological polar surface area (TPSA) is 69.7 Å². The third-order valence-corrected chi connectivity index (χ3v) is 6.33. The van der Waals surface area contributed by atoms with Crippen molar-refractivity contribution in [3.05, 3.63) is 58.3 Å². The van der Waals surface area contributed by atoms with Gasteiger partial charge in [-0.3, -0.25) is 14.4 Å². The van der Waals surface area contributed by atoms with Gasteiger partial charge < -0.3 is 15.1 Å². The number of nitrogens with one attached hydrogen (secondary N) is 1. The highest BCUT2D eigenvalue weighted by Crippen LogP contribution is 2.31. The van der Waals surface area contributed by atoms with Gasteiger partial charge in [-0.05, 0) is 29.9 Å². The molecule has 6 nitrogen and oxygen atoms in total. The van der Waals surface area contributed by atoms with Gasteiger partial charge in [0.2, 0.25) is 11.8 Å². The quantitative estimate of drug-likeness (QED) is 0.792. The average Bonchev–Trinajstić information content (AvgIpc) is 3.46. The van der Waals surface area contributed by atoms with E-state index in [0.29, 0.717) is 37.5 Å². The molecule has 1 atom stereocenters. The van der Waals surface area contributed by atoms with Crippen molar-refractivity contribution >= 4 is 29.1 Å². The molecular formula is C22H25N3O3S. The Morgan fingerprint density at radius 1 is 0.966 bits per heavy atom. The maximum atomic E-state index is 13.2. The van der Waals surface area contributed by atoms with Gasteiger partial charge in [0.05, 0.1) is 4.88 Å². The molecule has 0 radical (unpaired) electrons. The molecule has 1 aliphatic heterocycles. The second-order valence-electron chi connectivity index (χ2n) is 7.62. The third kappa shape index (κ3) is 4.85. The second kappa shape index (κ2) is 8.78. The van der Waals surface area contributed by atoms with Crippen LogP contribution in [0.4, 0.5) is 0 Å². The van der Waals surface area contributed by atoms with Crippen LogP contribution in [0.2, 0.25) is 0 Å². The van der Waals surface area contributed by atoms with E-state index in [9.17, 15) is 14.4 Å². The summed E-state index contributed by atoms with van der Waals surface area (Å²) in [7, 11) is 0. The van der Waals surface area contributed by atoms with Crippen molar-refractivity contribution in [1.29, 1.82) is 0 Å². The molecule has 0 bridgehead atoms. The number of hydrogen-bond acceptors (Lipinski definition) is 4. The highest BCUT2D eigenvalue weighted by Gasteiger charge is 2.36. The standard InChI is InChI=1S/C22H25N3O3S/c26-20(19-7-4-14-29-19)23-18(15-16-5-2-1-3-6-16)22(28)25-12-10-24(11-13-25)21(27)17-8-9-17/h1-7,14,17-18H,8-13,15H2,(H,23,26). The summed E-state index contributed by atoms with van der Waals surface area (Å²) in [6, 6.07) is 12.7. The molecule has 7 heteroatoms. The van der Waals surface area contributed by atoms with E-state index in [2.05, 4.69) is 5.32 Å². The highest BCUT2D eigenvalue weighted by atomic mass is 32.1. The molecular weight excluding hydrogens is 386 g/mol. The first-order valence-electron chi connectivity index (χ1n) is 10.1. The molecule has 1 unspecified atom stereocenters. The number of hydrogen-bond donors (Lipinski definition) is 1. The molecule has 152 valence electrons. The molecule has 0 spiro atoms. The maximum Gasteiger partial charge on any atom is 0.262 e. The van der Waals surface area contributed by atoms with Crippen LogP contribution in [0.5, 0.6) is 0 Å². The number of carbonyl (C=O) groups is 3. The number of carbonyl (C=O) groups excluding carboxylic acids is 3. The normalized spacial score (nSPS) is 17.7. The van der Waals surface area contributed by atoms with Gasteiger partial charge in [0.25, 0.3) is 5.91 Å². The van der Waals surface area contributed by atoms with Gasteiger partial charge in [-0.1, -0.05) is 36.4 Å². The van der Waals surface area contributed by atoms with E-state index in [-0.39, 0.29) is 23.6 Å². The molecule has 29 heavy (non-hydrogen) atoms. The van der Waals surface area contributed by atoms with Gasteiger partial charge in [0.1, 0.15) is 6.04 Å². The fraction of sp³-hybridized carbons (Fsp3) is 0.409. The molecule has 2 aliphatic rings. The first-order chi connectivity index (χ1) is 14.1. The lowest BCUT2D eigenvalue weighted by Gasteiger charge is -2.36. The van der Waals surface area contributed by atoms with Crippen LogP contribution in [0.3, 0.4) is 0 Å². The van der Waals surface area contributed by atoms with Crippen LogP contribution < -0.4 is 5.32 Å². The van der Waals surface area contributed by atoms with Crippen LogP contribution in [0.15, 0.2) is 47.8 Å². The zero-order valence-corrected chi connectivity index (χ0v) is 17.1. The Labute approximate surface area is 174 Å². The Balaban J connectivity index is 1.42. The SMILES string of the molecule is O=C(NC(Cc1ccccc1)C(=O)N1CCN(C(=O)C2CC2)CC1)c1cccs1. The summed E-state index contributed by atoms with van der Waals surface area (Å²) in [5.41, 5.74) is 1.000. The summed E-state index contributed by atoms with van der Waals surface area (Å²) in [5.74, 6) is 0.117. The summed E-state index contributed by atoms with van der Waals surface area (Å²) in [6.07, 6.45) is 2.43. The van der Waals surface area contributed by atoms with Gasteiger partial charge in [0.15, 0.2) is 0 Å². The molecule has 1 aromatic carbocycles. The van der Waals surface area contributed by atoms with E-state index >= 15 is 0 Å². The van der Waals surface area contributed by atoms with Gasteiger partial charge in [-0.2, -0.15) is 0 Å². The molecule has 2 fully saturated rings. The lowest BCUT2D eigenvalue weighted by molar-refractivity contribution is -0.141. The van der Waals surface area contributed by atoms with E-state index in [1.54, 1.807) is 11.0 Å². The van der Waals surface area contributed by atoms with Crippen LogP contribution in [0.25, 0.3) is 0 Å². The minimum atomic E-state index is -0.627. The summed E-state index contributed by atoms with van der Waals surface area (Å²) < 4.78 is 0. The predicted molar refractivity (Wildman–Crippen MR) is 112 cm³/mol. The fourth-order valence-electron chi connectivity index (χ4n) is 3.64. The lowest BCUT2D eigenvalue weighted by Crippen LogP contribution is -2.56. The second-order valence-corrected chi connectivity index (χ2v) is 8.57. The zero-order chi connectivity index (χ0) is 20.2. The highest BCUT2D eigenvalue weighted by molar-refractivity contribution is 7.12. The van der Waals surface area contributed by atoms with E-state index in [4.69, 9.17) is 0 Å². The number of benzene rings is 1. The number of thiophene rings is 1. The Morgan fingerprint density at radius 3 is 2.28 bits per heavy atom. The summed E-state index contributed by atoms with van der Waals surface area (Å²) in [4.78, 5) is 42.3. The molecule has 2 heterocycles. The smallest absolute Gasteiger partial charge is 0.262 e. The van der Waals surface area contributed by atoms with E-state index in [1.807, 2.05) is 46.7 Å². The van der Waals surface area contributed by atoms with E-state index in [0.717, 1.165) is 18.4 Å². The minimum Gasteiger partial charge on any atom is -0.339 e. The van der Waals surface area contributed by atoms with Crippen molar-refractivity contribution in [1.82, 2.24) is 15.1 Å². The van der Waals surface area contributed by atoms with Crippen molar-refractivity contribution in [3.63, 3.8) is 0 Å². The van der Waals surface area contributed by atoms with Crippen molar-refractivity contribution in [2.75, 3.05) is 26.2 Å². The predicted octanol–water partition coefficient (Wildman–Crippen LogP) is 2.17. The Kier molecular flexibility index (Phi) is 5.94. The first kappa shape index (κ1) is 19.6. The summed E-state index contributed by atoms with van der Waals surface area (Å²) >= 11 is 1.36. The van der Waals surface area contributed by atoms with Gasteiger partial charge in [-0.15, -0.1) is 11.3 Å². The Bertz CT molecular complexity index is 857. The molecule has 3 amide bonds. The van der Waals surface area contributed by atoms with Crippen LogP contribution in [-0.4, -0.2) is 59.7 Å². The maximum absolute atomic E-state index is 13.2. The van der Waals surface area contributed by atoms with Crippen LogP contribution in [0.1, 0.15) is 28.1 Å². The van der Waals surface area contributed by atoms with Gasteiger partial charge in [0, 0.05) is 38.5 Å².